The summed E-state index contributed by atoms with van der Waals surface area (Å²) in [4.78, 5) is 11.3. The Bertz CT molecular complexity index is 302. The predicted molar refractivity (Wildman–Crippen MR) is 53.8 cm³/mol. The number of carbonyl (C=O) groups is 1. The van der Waals surface area contributed by atoms with Gasteiger partial charge in [0.2, 0.25) is 5.78 Å². The van der Waals surface area contributed by atoms with Gasteiger partial charge in [0.25, 0.3) is 0 Å². The van der Waals surface area contributed by atoms with Crippen molar-refractivity contribution >= 4 is 5.78 Å². The molecule has 1 atom stereocenters. The zero-order valence-corrected chi connectivity index (χ0v) is 8.45. The Morgan fingerprint density at radius 3 is 2.79 bits per heavy atom. The van der Waals surface area contributed by atoms with Crippen LogP contribution < -0.4 is 0 Å². The van der Waals surface area contributed by atoms with Gasteiger partial charge in [-0.2, -0.15) is 0 Å². The van der Waals surface area contributed by atoms with E-state index in [9.17, 15) is 4.79 Å². The SMILES string of the molecule is C=CCC1(OC)C=CC(=O)C(OC)=C1. The minimum Gasteiger partial charge on any atom is -0.493 e. The molecule has 1 aliphatic rings. The molecule has 0 bridgehead atoms. The van der Waals surface area contributed by atoms with Crippen molar-refractivity contribution in [1.82, 2.24) is 0 Å². The fraction of sp³-hybridized carbons (Fsp3) is 0.364. The van der Waals surface area contributed by atoms with Gasteiger partial charge in [0, 0.05) is 13.5 Å². The van der Waals surface area contributed by atoms with E-state index in [4.69, 9.17) is 9.47 Å². The maximum atomic E-state index is 11.3. The molecule has 0 saturated heterocycles. The van der Waals surface area contributed by atoms with Crippen LogP contribution in [0.4, 0.5) is 0 Å². The molecule has 0 aliphatic heterocycles. The van der Waals surface area contributed by atoms with E-state index in [0.717, 1.165) is 0 Å². The average molecular weight is 194 g/mol. The number of carbonyl (C=O) groups excluding carboxylic acids is 1. The van der Waals surface area contributed by atoms with Gasteiger partial charge in [-0.3, -0.25) is 4.79 Å². The van der Waals surface area contributed by atoms with Crippen LogP contribution in [0.5, 0.6) is 0 Å². The molecule has 0 aromatic heterocycles. The van der Waals surface area contributed by atoms with Crippen LogP contribution in [0.1, 0.15) is 6.42 Å². The maximum Gasteiger partial charge on any atom is 0.219 e. The fourth-order valence-electron chi connectivity index (χ4n) is 1.36. The van der Waals surface area contributed by atoms with Crippen molar-refractivity contribution in [2.24, 2.45) is 0 Å². The molecule has 14 heavy (non-hydrogen) atoms. The van der Waals surface area contributed by atoms with E-state index >= 15 is 0 Å². The summed E-state index contributed by atoms with van der Waals surface area (Å²) in [5, 5.41) is 0. The third kappa shape index (κ3) is 1.93. The average Bonchev–Trinajstić information content (AvgIpc) is 2.22. The van der Waals surface area contributed by atoms with E-state index in [0.29, 0.717) is 12.2 Å². The van der Waals surface area contributed by atoms with Crippen LogP contribution in [-0.4, -0.2) is 25.6 Å². The van der Waals surface area contributed by atoms with Crippen molar-refractivity contribution in [3.63, 3.8) is 0 Å². The normalized spacial score (nSPS) is 25.9. The monoisotopic (exact) mass is 194 g/mol. The molecule has 0 aromatic carbocycles. The third-order valence-electron chi connectivity index (χ3n) is 2.20. The van der Waals surface area contributed by atoms with Gasteiger partial charge in [0.1, 0.15) is 5.60 Å². The molecule has 3 heteroatoms. The Kier molecular flexibility index (Phi) is 3.25. The lowest BCUT2D eigenvalue weighted by molar-refractivity contribution is -0.114. The molecule has 0 saturated carbocycles. The van der Waals surface area contributed by atoms with Crippen molar-refractivity contribution < 1.29 is 14.3 Å². The highest BCUT2D eigenvalue weighted by atomic mass is 16.5. The number of allylic oxidation sites excluding steroid dienone is 1. The third-order valence-corrected chi connectivity index (χ3v) is 2.20. The molecule has 0 heterocycles. The molecule has 0 radical (unpaired) electrons. The predicted octanol–water partition coefficient (Wildman–Crippen LogP) is 1.62. The molecule has 0 N–H and O–H groups in total. The molecule has 1 aliphatic carbocycles. The van der Waals surface area contributed by atoms with E-state index in [1.165, 1.54) is 13.2 Å². The van der Waals surface area contributed by atoms with Gasteiger partial charge in [0.05, 0.1) is 7.11 Å². The topological polar surface area (TPSA) is 35.5 Å². The minimum atomic E-state index is -0.582. The first kappa shape index (κ1) is 10.7. The number of ether oxygens (including phenoxy) is 2. The summed E-state index contributed by atoms with van der Waals surface area (Å²) in [5.41, 5.74) is -0.582. The summed E-state index contributed by atoms with van der Waals surface area (Å²) in [7, 11) is 3.06. The van der Waals surface area contributed by atoms with Crippen LogP contribution in [-0.2, 0) is 14.3 Å². The number of hydrogen-bond donors (Lipinski definition) is 0. The summed E-state index contributed by atoms with van der Waals surface area (Å²) in [6, 6.07) is 0. The van der Waals surface area contributed by atoms with Gasteiger partial charge >= 0.3 is 0 Å². The number of methoxy groups -OCH3 is 2. The van der Waals surface area contributed by atoms with Crippen LogP contribution >= 0.6 is 0 Å². The molecule has 0 spiro atoms. The zero-order chi connectivity index (χ0) is 10.6. The fourth-order valence-corrected chi connectivity index (χ4v) is 1.36. The molecule has 0 fully saturated rings. The summed E-state index contributed by atoms with van der Waals surface area (Å²) in [6.07, 6.45) is 7.22. The lowest BCUT2D eigenvalue weighted by Crippen LogP contribution is -2.30. The van der Waals surface area contributed by atoms with Crippen molar-refractivity contribution in [1.29, 1.82) is 0 Å². The maximum absolute atomic E-state index is 11.3. The second kappa shape index (κ2) is 4.24. The summed E-state index contributed by atoms with van der Waals surface area (Å²) < 4.78 is 10.3. The lowest BCUT2D eigenvalue weighted by atomic mass is 9.93. The Hall–Kier alpha value is -1.35. The molecule has 1 unspecified atom stereocenters. The first-order valence-corrected chi connectivity index (χ1v) is 4.34. The quantitative estimate of drug-likeness (QED) is 0.638. The van der Waals surface area contributed by atoms with Gasteiger partial charge in [-0.05, 0) is 18.2 Å². The van der Waals surface area contributed by atoms with Gasteiger partial charge in [0.15, 0.2) is 5.76 Å². The first-order valence-electron chi connectivity index (χ1n) is 4.34. The Morgan fingerprint density at radius 2 is 2.29 bits per heavy atom. The van der Waals surface area contributed by atoms with Crippen LogP contribution in [0.3, 0.4) is 0 Å². The van der Waals surface area contributed by atoms with Crippen LogP contribution in [0, 0.1) is 0 Å². The van der Waals surface area contributed by atoms with Crippen LogP contribution in [0.25, 0.3) is 0 Å². The van der Waals surface area contributed by atoms with Crippen molar-refractivity contribution in [3.05, 3.63) is 36.6 Å². The summed E-state index contributed by atoms with van der Waals surface area (Å²) in [6.45, 7) is 3.65. The van der Waals surface area contributed by atoms with E-state index in [-0.39, 0.29) is 5.78 Å². The van der Waals surface area contributed by atoms with Crippen molar-refractivity contribution in [3.8, 4) is 0 Å². The molecule has 76 valence electrons. The highest BCUT2D eigenvalue weighted by Crippen LogP contribution is 2.25. The Labute approximate surface area is 83.7 Å². The van der Waals surface area contributed by atoms with Crippen LogP contribution in [0.2, 0.25) is 0 Å². The standard InChI is InChI=1S/C11H14O3/c1-4-6-11(14-3)7-5-9(12)10(8-11)13-2/h4-5,7-8H,1,6H2,2-3H3. The van der Waals surface area contributed by atoms with E-state index in [1.807, 2.05) is 0 Å². The van der Waals surface area contributed by atoms with Crippen molar-refractivity contribution in [2.45, 2.75) is 12.0 Å². The molecular formula is C11H14O3. The molecule has 0 amide bonds. The summed E-state index contributed by atoms with van der Waals surface area (Å²) in [5.74, 6) is 0.181. The Morgan fingerprint density at radius 1 is 1.57 bits per heavy atom. The van der Waals surface area contributed by atoms with Gasteiger partial charge in [-0.25, -0.2) is 0 Å². The van der Waals surface area contributed by atoms with E-state index in [2.05, 4.69) is 6.58 Å². The van der Waals surface area contributed by atoms with Gasteiger partial charge in [-0.15, -0.1) is 6.58 Å². The molecule has 3 nitrogen and oxygen atoms in total. The lowest BCUT2D eigenvalue weighted by Gasteiger charge is -2.27. The highest BCUT2D eigenvalue weighted by Gasteiger charge is 2.29. The first-order chi connectivity index (χ1) is 6.67. The number of hydrogen-bond acceptors (Lipinski definition) is 3. The minimum absolute atomic E-state index is 0.135. The van der Waals surface area contributed by atoms with Gasteiger partial charge in [-0.1, -0.05) is 6.08 Å². The second-order valence-corrected chi connectivity index (χ2v) is 3.06. The highest BCUT2D eigenvalue weighted by molar-refractivity contribution is 6.03. The Balaban J connectivity index is 2.99. The van der Waals surface area contributed by atoms with Crippen LogP contribution in [0.15, 0.2) is 36.6 Å². The van der Waals surface area contributed by atoms with E-state index < -0.39 is 5.60 Å². The number of ketones is 1. The largest absolute Gasteiger partial charge is 0.493 e. The summed E-state index contributed by atoms with van der Waals surface area (Å²) >= 11 is 0. The number of rotatable bonds is 4. The van der Waals surface area contributed by atoms with Crippen molar-refractivity contribution in [2.75, 3.05) is 14.2 Å². The van der Waals surface area contributed by atoms with Gasteiger partial charge < -0.3 is 9.47 Å². The zero-order valence-electron chi connectivity index (χ0n) is 8.45. The smallest absolute Gasteiger partial charge is 0.219 e. The second-order valence-electron chi connectivity index (χ2n) is 3.06. The molecule has 1 rings (SSSR count). The molecule has 0 aromatic rings. The van der Waals surface area contributed by atoms with E-state index in [1.54, 1.807) is 25.3 Å². The molecular weight excluding hydrogens is 180 g/mol.